The van der Waals surface area contributed by atoms with Gasteiger partial charge in [-0.15, -0.1) is 0 Å². The second-order valence-corrected chi connectivity index (χ2v) is 4.84. The highest BCUT2D eigenvalue weighted by Crippen LogP contribution is 2.37. The average Bonchev–Trinajstić information content (AvgIpc) is 2.47. The molecule has 1 aliphatic carbocycles. The van der Waals surface area contributed by atoms with Crippen LogP contribution in [0.3, 0.4) is 0 Å². The number of rotatable bonds is 2. The first-order valence-electron chi connectivity index (χ1n) is 5.18. The smallest absolute Gasteiger partial charge is 0.144 e. The van der Waals surface area contributed by atoms with E-state index in [1.165, 1.54) is 19.3 Å². The molecule has 1 aromatic rings. The van der Waals surface area contributed by atoms with Crippen molar-refractivity contribution in [2.45, 2.75) is 39.2 Å². The Morgan fingerprint density at radius 1 is 1.43 bits per heavy atom. The van der Waals surface area contributed by atoms with Crippen molar-refractivity contribution in [3.8, 4) is 0 Å². The number of nitrogens with zero attached hydrogens (tertiary/aromatic N) is 2. The molecule has 1 aliphatic rings. The molecule has 1 heterocycles. The molecule has 2 rings (SSSR count). The van der Waals surface area contributed by atoms with Crippen LogP contribution in [0.2, 0.25) is 0 Å². The molecule has 3 heteroatoms. The standard InChI is InChI=1S/C11H17N3/c1-11(2)4-3-9(7-11)14-10-8-12-5-6-13-10/h5-6,8-9H,3-4,7H2,1-2H3,(H,13,14). The van der Waals surface area contributed by atoms with Gasteiger partial charge < -0.3 is 5.32 Å². The number of anilines is 1. The van der Waals surface area contributed by atoms with Gasteiger partial charge in [-0.25, -0.2) is 4.98 Å². The van der Waals surface area contributed by atoms with Crippen LogP contribution >= 0.6 is 0 Å². The van der Waals surface area contributed by atoms with Crippen LogP contribution in [0.4, 0.5) is 5.82 Å². The van der Waals surface area contributed by atoms with Gasteiger partial charge in [-0.1, -0.05) is 13.8 Å². The van der Waals surface area contributed by atoms with Crippen molar-refractivity contribution < 1.29 is 0 Å². The Balaban J connectivity index is 1.94. The number of aromatic nitrogens is 2. The third kappa shape index (κ3) is 2.22. The fourth-order valence-electron chi connectivity index (χ4n) is 2.14. The van der Waals surface area contributed by atoms with Gasteiger partial charge in [0.2, 0.25) is 0 Å². The van der Waals surface area contributed by atoms with Gasteiger partial charge in [0.15, 0.2) is 0 Å². The van der Waals surface area contributed by atoms with Gasteiger partial charge in [0.1, 0.15) is 5.82 Å². The van der Waals surface area contributed by atoms with E-state index >= 15 is 0 Å². The van der Waals surface area contributed by atoms with Crippen LogP contribution in [-0.4, -0.2) is 16.0 Å². The summed E-state index contributed by atoms with van der Waals surface area (Å²) in [6, 6.07) is 0.571. The summed E-state index contributed by atoms with van der Waals surface area (Å²) in [4.78, 5) is 8.25. The molecule has 1 fully saturated rings. The van der Waals surface area contributed by atoms with Crippen LogP contribution in [0.1, 0.15) is 33.1 Å². The molecule has 0 aromatic carbocycles. The van der Waals surface area contributed by atoms with E-state index in [4.69, 9.17) is 0 Å². The third-order valence-electron chi connectivity index (χ3n) is 2.88. The van der Waals surface area contributed by atoms with Crippen molar-refractivity contribution in [2.24, 2.45) is 5.41 Å². The van der Waals surface area contributed by atoms with E-state index in [0.29, 0.717) is 11.5 Å². The maximum absolute atomic E-state index is 4.22. The Bertz CT molecular complexity index is 295. The Morgan fingerprint density at radius 2 is 2.29 bits per heavy atom. The Kier molecular flexibility index (Phi) is 2.40. The molecule has 1 aromatic heterocycles. The lowest BCUT2D eigenvalue weighted by Crippen LogP contribution is -2.18. The van der Waals surface area contributed by atoms with E-state index in [9.17, 15) is 0 Å². The van der Waals surface area contributed by atoms with Crippen molar-refractivity contribution in [1.82, 2.24) is 9.97 Å². The highest BCUT2D eigenvalue weighted by Gasteiger charge is 2.30. The molecule has 14 heavy (non-hydrogen) atoms. The number of hydrogen-bond acceptors (Lipinski definition) is 3. The Morgan fingerprint density at radius 3 is 2.86 bits per heavy atom. The van der Waals surface area contributed by atoms with Crippen LogP contribution in [0.5, 0.6) is 0 Å². The summed E-state index contributed by atoms with van der Waals surface area (Å²) in [6.07, 6.45) is 8.97. The molecular weight excluding hydrogens is 174 g/mol. The molecule has 0 spiro atoms. The second-order valence-electron chi connectivity index (χ2n) is 4.84. The molecule has 3 nitrogen and oxygen atoms in total. The molecular formula is C11H17N3. The molecule has 0 saturated heterocycles. The SMILES string of the molecule is CC1(C)CCC(Nc2cnccn2)C1. The zero-order chi connectivity index (χ0) is 10.0. The van der Waals surface area contributed by atoms with Crippen LogP contribution in [-0.2, 0) is 0 Å². The molecule has 1 N–H and O–H groups in total. The summed E-state index contributed by atoms with van der Waals surface area (Å²) < 4.78 is 0. The van der Waals surface area contributed by atoms with E-state index < -0.39 is 0 Å². The van der Waals surface area contributed by atoms with Crippen LogP contribution in [0.25, 0.3) is 0 Å². The summed E-state index contributed by atoms with van der Waals surface area (Å²) in [6.45, 7) is 4.65. The largest absolute Gasteiger partial charge is 0.366 e. The van der Waals surface area contributed by atoms with E-state index in [-0.39, 0.29) is 0 Å². The fourth-order valence-corrected chi connectivity index (χ4v) is 2.14. The van der Waals surface area contributed by atoms with Crippen molar-refractivity contribution >= 4 is 5.82 Å². The van der Waals surface area contributed by atoms with Crippen LogP contribution in [0, 0.1) is 5.41 Å². The van der Waals surface area contributed by atoms with E-state index in [2.05, 4.69) is 29.1 Å². The molecule has 0 amide bonds. The van der Waals surface area contributed by atoms with Crippen molar-refractivity contribution in [3.63, 3.8) is 0 Å². The highest BCUT2D eigenvalue weighted by molar-refractivity contribution is 5.31. The molecule has 1 atom stereocenters. The lowest BCUT2D eigenvalue weighted by atomic mass is 9.92. The van der Waals surface area contributed by atoms with Crippen LogP contribution < -0.4 is 5.32 Å². The summed E-state index contributed by atoms with van der Waals surface area (Å²) >= 11 is 0. The molecule has 0 aliphatic heterocycles. The van der Waals surface area contributed by atoms with Gasteiger partial charge >= 0.3 is 0 Å². The van der Waals surface area contributed by atoms with Crippen molar-refractivity contribution in [2.75, 3.05) is 5.32 Å². The van der Waals surface area contributed by atoms with Gasteiger partial charge in [-0.05, 0) is 24.7 Å². The normalized spacial score (nSPS) is 24.9. The molecule has 1 saturated carbocycles. The molecule has 0 bridgehead atoms. The van der Waals surface area contributed by atoms with Crippen LogP contribution in [0.15, 0.2) is 18.6 Å². The minimum atomic E-state index is 0.486. The third-order valence-corrected chi connectivity index (χ3v) is 2.88. The topological polar surface area (TPSA) is 37.8 Å². The van der Waals surface area contributed by atoms with Gasteiger partial charge in [0, 0.05) is 18.4 Å². The highest BCUT2D eigenvalue weighted by atomic mass is 15.0. The summed E-state index contributed by atoms with van der Waals surface area (Å²) in [5.41, 5.74) is 0.486. The molecule has 0 radical (unpaired) electrons. The predicted octanol–water partition coefficient (Wildman–Crippen LogP) is 2.47. The van der Waals surface area contributed by atoms with E-state index in [1.54, 1.807) is 18.6 Å². The first-order valence-corrected chi connectivity index (χ1v) is 5.18. The van der Waals surface area contributed by atoms with Gasteiger partial charge in [-0.3, -0.25) is 4.98 Å². The first-order chi connectivity index (χ1) is 6.66. The monoisotopic (exact) mass is 191 g/mol. The van der Waals surface area contributed by atoms with Gasteiger partial charge in [0.25, 0.3) is 0 Å². The Hall–Kier alpha value is -1.12. The second kappa shape index (κ2) is 3.56. The maximum atomic E-state index is 4.22. The molecule has 76 valence electrons. The Labute approximate surface area is 85.0 Å². The average molecular weight is 191 g/mol. The first kappa shape index (κ1) is 9.44. The van der Waals surface area contributed by atoms with E-state index in [0.717, 1.165) is 5.82 Å². The van der Waals surface area contributed by atoms with Crippen molar-refractivity contribution in [1.29, 1.82) is 0 Å². The number of hydrogen-bond donors (Lipinski definition) is 1. The predicted molar refractivity (Wildman–Crippen MR) is 57.1 cm³/mol. The summed E-state index contributed by atoms with van der Waals surface area (Å²) in [5.74, 6) is 0.898. The maximum Gasteiger partial charge on any atom is 0.144 e. The fraction of sp³-hybridized carbons (Fsp3) is 0.636. The summed E-state index contributed by atoms with van der Waals surface area (Å²) in [7, 11) is 0. The molecule has 1 unspecified atom stereocenters. The zero-order valence-electron chi connectivity index (χ0n) is 8.83. The quantitative estimate of drug-likeness (QED) is 0.780. The van der Waals surface area contributed by atoms with Gasteiger partial charge in [-0.2, -0.15) is 0 Å². The minimum Gasteiger partial charge on any atom is -0.366 e. The van der Waals surface area contributed by atoms with Crippen molar-refractivity contribution in [3.05, 3.63) is 18.6 Å². The minimum absolute atomic E-state index is 0.486. The zero-order valence-corrected chi connectivity index (χ0v) is 8.83. The summed E-state index contributed by atoms with van der Waals surface area (Å²) in [5, 5.41) is 3.42. The lowest BCUT2D eigenvalue weighted by Gasteiger charge is -2.17. The van der Waals surface area contributed by atoms with Gasteiger partial charge in [0.05, 0.1) is 6.20 Å². The number of nitrogens with one attached hydrogen (secondary N) is 1. The van der Waals surface area contributed by atoms with E-state index in [1.807, 2.05) is 0 Å². The lowest BCUT2D eigenvalue weighted by molar-refractivity contribution is 0.378.